The first-order valence-corrected chi connectivity index (χ1v) is 5.56. The zero-order valence-corrected chi connectivity index (χ0v) is 9.72. The highest BCUT2D eigenvalue weighted by Crippen LogP contribution is 2.25. The summed E-state index contributed by atoms with van der Waals surface area (Å²) in [4.78, 5) is 0. The Kier molecular flexibility index (Phi) is 3.06. The standard InChI is InChI=1S/C13H17N3/c1-10(2)16-13(7-8-15-16)12-6-4-3-5-11(12)9-14/h3-8,10H,9,14H2,1-2H3. The molecule has 0 radical (unpaired) electrons. The van der Waals surface area contributed by atoms with Crippen LogP contribution in [0.15, 0.2) is 36.5 Å². The third-order valence-corrected chi connectivity index (χ3v) is 2.67. The van der Waals surface area contributed by atoms with Crippen molar-refractivity contribution in [3.8, 4) is 11.3 Å². The summed E-state index contributed by atoms with van der Waals surface area (Å²) in [7, 11) is 0. The predicted octanol–water partition coefficient (Wildman–Crippen LogP) is 2.59. The van der Waals surface area contributed by atoms with E-state index < -0.39 is 0 Å². The monoisotopic (exact) mass is 215 g/mol. The van der Waals surface area contributed by atoms with E-state index in [1.54, 1.807) is 0 Å². The second kappa shape index (κ2) is 4.49. The Bertz CT molecular complexity index is 472. The smallest absolute Gasteiger partial charge is 0.0688 e. The van der Waals surface area contributed by atoms with Gasteiger partial charge in [-0.3, -0.25) is 4.68 Å². The highest BCUT2D eigenvalue weighted by molar-refractivity contribution is 5.63. The molecule has 0 amide bonds. The van der Waals surface area contributed by atoms with Crippen molar-refractivity contribution in [3.63, 3.8) is 0 Å². The van der Waals surface area contributed by atoms with Crippen molar-refractivity contribution in [2.45, 2.75) is 26.4 Å². The molecule has 0 unspecified atom stereocenters. The largest absolute Gasteiger partial charge is 0.326 e. The Morgan fingerprint density at radius 3 is 2.69 bits per heavy atom. The Morgan fingerprint density at radius 1 is 1.25 bits per heavy atom. The summed E-state index contributed by atoms with van der Waals surface area (Å²) >= 11 is 0. The molecule has 16 heavy (non-hydrogen) atoms. The van der Waals surface area contributed by atoms with Crippen LogP contribution in [0.5, 0.6) is 0 Å². The number of nitrogens with zero attached hydrogens (tertiary/aromatic N) is 2. The van der Waals surface area contributed by atoms with Crippen LogP contribution in [0.1, 0.15) is 25.5 Å². The molecule has 0 fully saturated rings. The molecule has 0 saturated carbocycles. The van der Waals surface area contributed by atoms with Gasteiger partial charge in [-0.05, 0) is 25.5 Å². The lowest BCUT2D eigenvalue weighted by atomic mass is 10.0. The van der Waals surface area contributed by atoms with E-state index in [4.69, 9.17) is 5.73 Å². The van der Waals surface area contributed by atoms with Gasteiger partial charge in [0.15, 0.2) is 0 Å². The molecule has 3 heteroatoms. The molecule has 0 atom stereocenters. The van der Waals surface area contributed by atoms with Crippen molar-refractivity contribution in [3.05, 3.63) is 42.1 Å². The molecule has 2 rings (SSSR count). The van der Waals surface area contributed by atoms with E-state index >= 15 is 0 Å². The van der Waals surface area contributed by atoms with Crippen LogP contribution in [0.3, 0.4) is 0 Å². The number of hydrogen-bond acceptors (Lipinski definition) is 2. The van der Waals surface area contributed by atoms with Gasteiger partial charge in [-0.15, -0.1) is 0 Å². The third kappa shape index (κ3) is 1.86. The van der Waals surface area contributed by atoms with Gasteiger partial charge in [0.05, 0.1) is 5.69 Å². The predicted molar refractivity (Wildman–Crippen MR) is 65.9 cm³/mol. The topological polar surface area (TPSA) is 43.8 Å². The number of rotatable bonds is 3. The van der Waals surface area contributed by atoms with E-state index in [1.807, 2.05) is 29.1 Å². The molecule has 84 valence electrons. The second-order valence-corrected chi connectivity index (χ2v) is 4.12. The van der Waals surface area contributed by atoms with Crippen LogP contribution >= 0.6 is 0 Å². The van der Waals surface area contributed by atoms with Gasteiger partial charge in [-0.1, -0.05) is 24.3 Å². The van der Waals surface area contributed by atoms with Crippen molar-refractivity contribution in [1.29, 1.82) is 0 Å². The average molecular weight is 215 g/mol. The maximum Gasteiger partial charge on any atom is 0.0688 e. The number of nitrogens with two attached hydrogens (primary N) is 1. The van der Waals surface area contributed by atoms with Gasteiger partial charge in [-0.2, -0.15) is 5.10 Å². The van der Waals surface area contributed by atoms with Crippen molar-refractivity contribution in [2.75, 3.05) is 0 Å². The molecule has 2 N–H and O–H groups in total. The minimum absolute atomic E-state index is 0.357. The number of aromatic nitrogens is 2. The summed E-state index contributed by atoms with van der Waals surface area (Å²) in [6.45, 7) is 4.81. The van der Waals surface area contributed by atoms with Gasteiger partial charge in [0, 0.05) is 24.3 Å². The van der Waals surface area contributed by atoms with Crippen LogP contribution in [0.4, 0.5) is 0 Å². The molecular formula is C13H17N3. The molecule has 1 aromatic carbocycles. The van der Waals surface area contributed by atoms with Gasteiger partial charge in [-0.25, -0.2) is 0 Å². The van der Waals surface area contributed by atoms with E-state index in [0.717, 1.165) is 11.3 Å². The third-order valence-electron chi connectivity index (χ3n) is 2.67. The minimum Gasteiger partial charge on any atom is -0.326 e. The van der Waals surface area contributed by atoms with Crippen molar-refractivity contribution < 1.29 is 0 Å². The Balaban J connectivity index is 2.54. The van der Waals surface area contributed by atoms with Crippen LogP contribution in [0, 0.1) is 0 Å². The molecule has 1 heterocycles. The van der Waals surface area contributed by atoms with E-state index in [9.17, 15) is 0 Å². The average Bonchev–Trinajstić information content (AvgIpc) is 2.77. The zero-order valence-electron chi connectivity index (χ0n) is 9.72. The maximum atomic E-state index is 5.75. The van der Waals surface area contributed by atoms with Crippen LogP contribution in [0.25, 0.3) is 11.3 Å². The Labute approximate surface area is 95.9 Å². The first-order valence-electron chi connectivity index (χ1n) is 5.56. The molecule has 3 nitrogen and oxygen atoms in total. The van der Waals surface area contributed by atoms with Crippen LogP contribution in [-0.2, 0) is 6.54 Å². The zero-order chi connectivity index (χ0) is 11.5. The minimum atomic E-state index is 0.357. The molecule has 0 aliphatic rings. The lowest BCUT2D eigenvalue weighted by Gasteiger charge is -2.13. The van der Waals surface area contributed by atoms with Gasteiger partial charge >= 0.3 is 0 Å². The van der Waals surface area contributed by atoms with E-state index in [1.165, 1.54) is 5.56 Å². The fourth-order valence-corrected chi connectivity index (χ4v) is 1.89. The van der Waals surface area contributed by atoms with Crippen molar-refractivity contribution in [2.24, 2.45) is 5.73 Å². The molecule has 0 aliphatic heterocycles. The Morgan fingerprint density at radius 2 is 2.00 bits per heavy atom. The summed E-state index contributed by atoms with van der Waals surface area (Å²) in [6.07, 6.45) is 1.84. The number of benzene rings is 1. The summed E-state index contributed by atoms with van der Waals surface area (Å²) in [5, 5.41) is 4.34. The molecule has 0 aliphatic carbocycles. The quantitative estimate of drug-likeness (QED) is 0.855. The molecule has 2 aromatic rings. The normalized spacial score (nSPS) is 11.0. The molecule has 1 aromatic heterocycles. The van der Waals surface area contributed by atoms with Gasteiger partial charge in [0.2, 0.25) is 0 Å². The van der Waals surface area contributed by atoms with E-state index in [-0.39, 0.29) is 0 Å². The number of hydrogen-bond donors (Lipinski definition) is 1. The van der Waals surface area contributed by atoms with Gasteiger partial charge in [0.1, 0.15) is 0 Å². The van der Waals surface area contributed by atoms with E-state index in [0.29, 0.717) is 12.6 Å². The first-order chi connectivity index (χ1) is 7.74. The van der Waals surface area contributed by atoms with Crippen LogP contribution < -0.4 is 5.73 Å². The summed E-state index contributed by atoms with van der Waals surface area (Å²) < 4.78 is 2.02. The highest BCUT2D eigenvalue weighted by Gasteiger charge is 2.10. The lowest BCUT2D eigenvalue weighted by Crippen LogP contribution is -2.06. The van der Waals surface area contributed by atoms with Crippen LogP contribution in [0.2, 0.25) is 0 Å². The van der Waals surface area contributed by atoms with Crippen LogP contribution in [-0.4, -0.2) is 9.78 Å². The molecule has 0 spiro atoms. The van der Waals surface area contributed by atoms with Crippen molar-refractivity contribution in [1.82, 2.24) is 9.78 Å². The van der Waals surface area contributed by atoms with Gasteiger partial charge < -0.3 is 5.73 Å². The fraction of sp³-hybridized carbons (Fsp3) is 0.308. The summed E-state index contributed by atoms with van der Waals surface area (Å²) in [5.41, 5.74) is 9.22. The first kappa shape index (κ1) is 10.9. The molecule has 0 bridgehead atoms. The van der Waals surface area contributed by atoms with Crippen molar-refractivity contribution >= 4 is 0 Å². The molecular weight excluding hydrogens is 198 g/mol. The maximum absolute atomic E-state index is 5.75. The summed E-state index contributed by atoms with van der Waals surface area (Å²) in [6, 6.07) is 10.6. The second-order valence-electron chi connectivity index (χ2n) is 4.12. The lowest BCUT2D eigenvalue weighted by molar-refractivity contribution is 0.538. The fourth-order valence-electron chi connectivity index (χ4n) is 1.89. The SMILES string of the molecule is CC(C)n1nccc1-c1ccccc1CN. The molecule has 0 saturated heterocycles. The van der Waals surface area contributed by atoms with E-state index in [2.05, 4.69) is 31.1 Å². The summed E-state index contributed by atoms with van der Waals surface area (Å²) in [5.74, 6) is 0. The highest BCUT2D eigenvalue weighted by atomic mass is 15.3. The Hall–Kier alpha value is -1.61. The van der Waals surface area contributed by atoms with Gasteiger partial charge in [0.25, 0.3) is 0 Å².